The first kappa shape index (κ1) is 9.71. The Morgan fingerprint density at radius 1 is 1.36 bits per heavy atom. The van der Waals surface area contributed by atoms with Gasteiger partial charge in [-0.2, -0.15) is 5.10 Å². The molecule has 1 aliphatic carbocycles. The van der Waals surface area contributed by atoms with Crippen molar-refractivity contribution in [3.8, 4) is 0 Å². The highest BCUT2D eigenvalue weighted by Crippen LogP contribution is 2.26. The van der Waals surface area contributed by atoms with Crippen molar-refractivity contribution in [2.75, 3.05) is 0 Å². The zero-order chi connectivity index (χ0) is 9.80. The van der Waals surface area contributed by atoms with Gasteiger partial charge in [-0.25, -0.2) is 0 Å². The summed E-state index contributed by atoms with van der Waals surface area (Å²) >= 11 is 0. The standard InChI is InChI=1S/C11H19N3/c12-11(9-14-8-4-7-13-14)10-5-2-1-3-6-10/h4,7-8,10-11H,1-3,5-6,9,12H2. The van der Waals surface area contributed by atoms with E-state index in [1.807, 2.05) is 23.1 Å². The number of nitrogens with zero attached hydrogens (tertiary/aromatic N) is 2. The lowest BCUT2D eigenvalue weighted by molar-refractivity contribution is 0.279. The van der Waals surface area contributed by atoms with Gasteiger partial charge in [0.15, 0.2) is 0 Å². The highest BCUT2D eigenvalue weighted by atomic mass is 15.3. The van der Waals surface area contributed by atoms with Gasteiger partial charge in [-0.15, -0.1) is 0 Å². The van der Waals surface area contributed by atoms with Crippen LogP contribution in [0.4, 0.5) is 0 Å². The number of hydrogen-bond acceptors (Lipinski definition) is 2. The molecule has 1 aromatic rings. The van der Waals surface area contributed by atoms with E-state index in [0.29, 0.717) is 5.92 Å². The summed E-state index contributed by atoms with van der Waals surface area (Å²) in [6, 6.07) is 2.24. The van der Waals surface area contributed by atoms with Gasteiger partial charge < -0.3 is 5.73 Å². The Balaban J connectivity index is 1.85. The van der Waals surface area contributed by atoms with E-state index < -0.39 is 0 Å². The molecule has 1 aliphatic rings. The van der Waals surface area contributed by atoms with Crippen molar-refractivity contribution < 1.29 is 0 Å². The molecule has 2 N–H and O–H groups in total. The SMILES string of the molecule is NC(Cn1cccn1)C1CCCCC1. The molecule has 1 fully saturated rings. The minimum atomic E-state index is 0.287. The van der Waals surface area contributed by atoms with E-state index in [2.05, 4.69) is 5.10 Å². The molecule has 1 unspecified atom stereocenters. The number of rotatable bonds is 3. The topological polar surface area (TPSA) is 43.8 Å². The minimum Gasteiger partial charge on any atom is -0.326 e. The molecular weight excluding hydrogens is 174 g/mol. The molecule has 0 amide bonds. The summed E-state index contributed by atoms with van der Waals surface area (Å²) in [7, 11) is 0. The molecule has 1 heterocycles. The largest absolute Gasteiger partial charge is 0.326 e. The Labute approximate surface area is 85.3 Å². The van der Waals surface area contributed by atoms with Crippen LogP contribution in [-0.4, -0.2) is 15.8 Å². The van der Waals surface area contributed by atoms with Gasteiger partial charge in [-0.05, 0) is 24.8 Å². The maximum atomic E-state index is 6.18. The lowest BCUT2D eigenvalue weighted by atomic mass is 9.84. The van der Waals surface area contributed by atoms with E-state index in [0.717, 1.165) is 6.54 Å². The third kappa shape index (κ3) is 2.35. The van der Waals surface area contributed by atoms with Crippen LogP contribution in [0, 0.1) is 5.92 Å². The molecule has 3 nitrogen and oxygen atoms in total. The second-order valence-corrected chi connectivity index (χ2v) is 4.29. The van der Waals surface area contributed by atoms with Crippen LogP contribution in [-0.2, 0) is 6.54 Å². The minimum absolute atomic E-state index is 0.287. The van der Waals surface area contributed by atoms with Crippen LogP contribution in [0.1, 0.15) is 32.1 Å². The molecule has 1 aromatic heterocycles. The van der Waals surface area contributed by atoms with Crippen molar-refractivity contribution in [3.63, 3.8) is 0 Å². The van der Waals surface area contributed by atoms with E-state index in [1.165, 1.54) is 32.1 Å². The summed E-state index contributed by atoms with van der Waals surface area (Å²) in [5.74, 6) is 0.716. The van der Waals surface area contributed by atoms with Crippen molar-refractivity contribution in [3.05, 3.63) is 18.5 Å². The average molecular weight is 193 g/mol. The van der Waals surface area contributed by atoms with E-state index in [4.69, 9.17) is 5.73 Å². The number of aromatic nitrogens is 2. The molecule has 2 rings (SSSR count). The van der Waals surface area contributed by atoms with Gasteiger partial charge in [0.25, 0.3) is 0 Å². The normalized spacial score (nSPS) is 20.9. The number of nitrogens with two attached hydrogens (primary N) is 1. The van der Waals surface area contributed by atoms with Crippen LogP contribution in [0.2, 0.25) is 0 Å². The van der Waals surface area contributed by atoms with Gasteiger partial charge in [-0.3, -0.25) is 4.68 Å². The monoisotopic (exact) mass is 193 g/mol. The molecule has 78 valence electrons. The van der Waals surface area contributed by atoms with Crippen LogP contribution >= 0.6 is 0 Å². The van der Waals surface area contributed by atoms with Gasteiger partial charge in [-0.1, -0.05) is 19.3 Å². The van der Waals surface area contributed by atoms with Crippen LogP contribution in [0.3, 0.4) is 0 Å². The van der Waals surface area contributed by atoms with Crippen LogP contribution in [0.5, 0.6) is 0 Å². The Kier molecular flexibility index (Phi) is 3.19. The first-order chi connectivity index (χ1) is 6.86. The van der Waals surface area contributed by atoms with Crippen LogP contribution in [0.25, 0.3) is 0 Å². The molecule has 3 heteroatoms. The van der Waals surface area contributed by atoms with Crippen LogP contribution in [0.15, 0.2) is 18.5 Å². The Bertz CT molecular complexity index is 250. The van der Waals surface area contributed by atoms with Crippen molar-refractivity contribution in [1.82, 2.24) is 9.78 Å². The van der Waals surface area contributed by atoms with Crippen molar-refractivity contribution in [2.45, 2.75) is 44.7 Å². The van der Waals surface area contributed by atoms with Crippen molar-refractivity contribution in [2.24, 2.45) is 11.7 Å². The smallest absolute Gasteiger partial charge is 0.0563 e. The molecule has 0 bridgehead atoms. The Morgan fingerprint density at radius 3 is 2.79 bits per heavy atom. The van der Waals surface area contributed by atoms with E-state index >= 15 is 0 Å². The molecular formula is C11H19N3. The van der Waals surface area contributed by atoms with E-state index in [1.54, 1.807) is 0 Å². The third-order valence-electron chi connectivity index (χ3n) is 3.21. The van der Waals surface area contributed by atoms with Gasteiger partial charge in [0, 0.05) is 18.4 Å². The highest BCUT2D eigenvalue weighted by Gasteiger charge is 2.20. The fourth-order valence-electron chi connectivity index (χ4n) is 2.34. The van der Waals surface area contributed by atoms with Crippen LogP contribution < -0.4 is 5.73 Å². The lowest BCUT2D eigenvalue weighted by Gasteiger charge is -2.27. The summed E-state index contributed by atoms with van der Waals surface area (Å²) in [6.45, 7) is 0.873. The highest BCUT2D eigenvalue weighted by molar-refractivity contribution is 4.82. The number of hydrogen-bond donors (Lipinski definition) is 1. The van der Waals surface area contributed by atoms with E-state index in [9.17, 15) is 0 Å². The maximum Gasteiger partial charge on any atom is 0.0563 e. The summed E-state index contributed by atoms with van der Waals surface area (Å²) in [5.41, 5.74) is 6.18. The second-order valence-electron chi connectivity index (χ2n) is 4.29. The predicted molar refractivity (Wildman–Crippen MR) is 56.8 cm³/mol. The van der Waals surface area contributed by atoms with Crippen molar-refractivity contribution >= 4 is 0 Å². The van der Waals surface area contributed by atoms with Gasteiger partial charge >= 0.3 is 0 Å². The lowest BCUT2D eigenvalue weighted by Crippen LogP contribution is -2.35. The Hall–Kier alpha value is -0.830. The quantitative estimate of drug-likeness (QED) is 0.795. The van der Waals surface area contributed by atoms with Gasteiger partial charge in [0.05, 0.1) is 6.54 Å². The molecule has 1 atom stereocenters. The molecule has 1 saturated carbocycles. The summed E-state index contributed by atoms with van der Waals surface area (Å²) in [6.07, 6.45) is 10.5. The fourth-order valence-corrected chi connectivity index (χ4v) is 2.34. The summed E-state index contributed by atoms with van der Waals surface area (Å²) in [5, 5.41) is 4.19. The van der Waals surface area contributed by atoms with Gasteiger partial charge in [0.1, 0.15) is 0 Å². The van der Waals surface area contributed by atoms with Crippen molar-refractivity contribution in [1.29, 1.82) is 0 Å². The fraction of sp³-hybridized carbons (Fsp3) is 0.727. The molecule has 0 saturated heterocycles. The third-order valence-corrected chi connectivity index (χ3v) is 3.21. The van der Waals surface area contributed by atoms with Gasteiger partial charge in [0.2, 0.25) is 0 Å². The molecule has 0 radical (unpaired) electrons. The summed E-state index contributed by atoms with van der Waals surface area (Å²) < 4.78 is 1.94. The summed E-state index contributed by atoms with van der Waals surface area (Å²) in [4.78, 5) is 0. The predicted octanol–water partition coefficient (Wildman–Crippen LogP) is 1.79. The molecule has 14 heavy (non-hydrogen) atoms. The maximum absolute atomic E-state index is 6.18. The zero-order valence-electron chi connectivity index (χ0n) is 8.60. The first-order valence-electron chi connectivity index (χ1n) is 5.59. The molecule has 0 aromatic carbocycles. The molecule has 0 aliphatic heterocycles. The average Bonchev–Trinajstić information content (AvgIpc) is 2.72. The second kappa shape index (κ2) is 4.60. The zero-order valence-corrected chi connectivity index (χ0v) is 8.60. The first-order valence-corrected chi connectivity index (χ1v) is 5.59. The van der Waals surface area contributed by atoms with E-state index in [-0.39, 0.29) is 6.04 Å². The Morgan fingerprint density at radius 2 is 2.14 bits per heavy atom. The molecule has 0 spiro atoms.